The summed E-state index contributed by atoms with van der Waals surface area (Å²) in [5.74, 6) is 0.965. The molecule has 1 aliphatic carbocycles. The minimum absolute atomic E-state index is 0.201. The first-order chi connectivity index (χ1) is 8.65. The first-order valence-electron chi connectivity index (χ1n) is 6.79. The maximum Gasteiger partial charge on any atom is 0.165 e. The SMILES string of the molecule is COC1(CC(=O)c2ccccc2)CCC(C)CC1. The van der Waals surface area contributed by atoms with E-state index in [2.05, 4.69) is 6.92 Å². The smallest absolute Gasteiger partial charge is 0.165 e. The monoisotopic (exact) mass is 246 g/mol. The molecule has 0 amide bonds. The molecule has 0 N–H and O–H groups in total. The topological polar surface area (TPSA) is 26.3 Å². The highest BCUT2D eigenvalue weighted by molar-refractivity contribution is 5.96. The van der Waals surface area contributed by atoms with E-state index in [-0.39, 0.29) is 11.4 Å². The Bertz CT molecular complexity index is 389. The average Bonchev–Trinajstić information content (AvgIpc) is 2.43. The Hall–Kier alpha value is -1.15. The maximum absolute atomic E-state index is 12.3. The number of hydrogen-bond donors (Lipinski definition) is 0. The van der Waals surface area contributed by atoms with Crippen LogP contribution in [0.5, 0.6) is 0 Å². The van der Waals surface area contributed by atoms with Crippen molar-refractivity contribution in [1.29, 1.82) is 0 Å². The van der Waals surface area contributed by atoms with Crippen molar-refractivity contribution in [3.8, 4) is 0 Å². The van der Waals surface area contributed by atoms with Crippen LogP contribution in [-0.4, -0.2) is 18.5 Å². The van der Waals surface area contributed by atoms with Crippen LogP contribution in [0.25, 0.3) is 0 Å². The van der Waals surface area contributed by atoms with Gasteiger partial charge in [-0.15, -0.1) is 0 Å². The van der Waals surface area contributed by atoms with Gasteiger partial charge in [-0.25, -0.2) is 0 Å². The third-order valence-electron chi connectivity index (χ3n) is 4.20. The van der Waals surface area contributed by atoms with E-state index < -0.39 is 0 Å². The summed E-state index contributed by atoms with van der Waals surface area (Å²) in [6.45, 7) is 2.28. The lowest BCUT2D eigenvalue weighted by Crippen LogP contribution is -2.38. The van der Waals surface area contributed by atoms with E-state index in [0.29, 0.717) is 6.42 Å². The quantitative estimate of drug-likeness (QED) is 0.754. The van der Waals surface area contributed by atoms with Crippen molar-refractivity contribution in [2.24, 2.45) is 5.92 Å². The second-order valence-electron chi connectivity index (χ2n) is 5.54. The van der Waals surface area contributed by atoms with Crippen LogP contribution >= 0.6 is 0 Å². The predicted octanol–water partition coefficient (Wildman–Crippen LogP) is 3.85. The Labute approximate surface area is 109 Å². The van der Waals surface area contributed by atoms with Crippen molar-refractivity contribution in [2.45, 2.75) is 44.6 Å². The molecule has 0 heterocycles. The lowest BCUT2D eigenvalue weighted by Gasteiger charge is -2.37. The molecule has 1 fully saturated rings. The van der Waals surface area contributed by atoms with Gasteiger partial charge in [0, 0.05) is 19.1 Å². The molecule has 1 aromatic rings. The van der Waals surface area contributed by atoms with Crippen LogP contribution in [-0.2, 0) is 4.74 Å². The van der Waals surface area contributed by atoms with Crippen molar-refractivity contribution in [3.05, 3.63) is 35.9 Å². The predicted molar refractivity (Wildman–Crippen MR) is 72.8 cm³/mol. The van der Waals surface area contributed by atoms with Gasteiger partial charge in [-0.05, 0) is 31.6 Å². The van der Waals surface area contributed by atoms with E-state index in [1.165, 1.54) is 0 Å². The summed E-state index contributed by atoms with van der Waals surface area (Å²) < 4.78 is 5.70. The van der Waals surface area contributed by atoms with Gasteiger partial charge < -0.3 is 4.74 Å². The van der Waals surface area contributed by atoms with Crippen molar-refractivity contribution in [3.63, 3.8) is 0 Å². The number of benzene rings is 1. The number of carbonyl (C=O) groups is 1. The van der Waals surface area contributed by atoms with Crippen LogP contribution in [0, 0.1) is 5.92 Å². The van der Waals surface area contributed by atoms with Gasteiger partial charge >= 0.3 is 0 Å². The highest BCUT2D eigenvalue weighted by Crippen LogP contribution is 2.37. The summed E-state index contributed by atoms with van der Waals surface area (Å²) in [6.07, 6.45) is 4.85. The van der Waals surface area contributed by atoms with E-state index >= 15 is 0 Å². The van der Waals surface area contributed by atoms with Gasteiger partial charge in [0.2, 0.25) is 0 Å². The van der Waals surface area contributed by atoms with Crippen LogP contribution < -0.4 is 0 Å². The minimum Gasteiger partial charge on any atom is -0.378 e. The van der Waals surface area contributed by atoms with Gasteiger partial charge in [-0.1, -0.05) is 37.3 Å². The Morgan fingerprint density at radius 3 is 2.44 bits per heavy atom. The molecule has 1 aliphatic rings. The normalized spacial score (nSPS) is 28.0. The van der Waals surface area contributed by atoms with Crippen LogP contribution in [0.2, 0.25) is 0 Å². The second-order valence-corrected chi connectivity index (χ2v) is 5.54. The van der Waals surface area contributed by atoms with Crippen molar-refractivity contribution < 1.29 is 9.53 Å². The van der Waals surface area contributed by atoms with Gasteiger partial charge in [0.05, 0.1) is 5.60 Å². The van der Waals surface area contributed by atoms with Crippen molar-refractivity contribution >= 4 is 5.78 Å². The molecule has 1 aromatic carbocycles. The standard InChI is InChI=1S/C16H22O2/c1-13-8-10-16(18-2,11-9-13)12-15(17)14-6-4-3-5-7-14/h3-7,13H,8-12H2,1-2H3. The molecule has 0 aromatic heterocycles. The molecule has 2 heteroatoms. The molecule has 0 unspecified atom stereocenters. The van der Waals surface area contributed by atoms with Gasteiger partial charge in [0.1, 0.15) is 0 Å². The summed E-state index contributed by atoms with van der Waals surface area (Å²) in [5.41, 5.74) is 0.576. The zero-order valence-corrected chi connectivity index (χ0v) is 11.3. The molecule has 1 saturated carbocycles. The zero-order valence-electron chi connectivity index (χ0n) is 11.3. The molecule has 0 saturated heterocycles. The molecule has 0 aliphatic heterocycles. The lowest BCUT2D eigenvalue weighted by atomic mass is 9.76. The number of methoxy groups -OCH3 is 1. The van der Waals surface area contributed by atoms with E-state index in [1.807, 2.05) is 30.3 Å². The van der Waals surface area contributed by atoms with Gasteiger partial charge in [-0.2, -0.15) is 0 Å². The fourth-order valence-corrected chi connectivity index (χ4v) is 2.76. The van der Waals surface area contributed by atoms with Crippen LogP contribution in [0.1, 0.15) is 49.4 Å². The summed E-state index contributed by atoms with van der Waals surface area (Å²) in [7, 11) is 1.74. The highest BCUT2D eigenvalue weighted by atomic mass is 16.5. The maximum atomic E-state index is 12.3. The van der Waals surface area contributed by atoms with E-state index in [1.54, 1.807) is 7.11 Å². The summed E-state index contributed by atoms with van der Waals surface area (Å²) in [6, 6.07) is 9.53. The zero-order chi connectivity index (χ0) is 13.0. The van der Waals surface area contributed by atoms with E-state index in [0.717, 1.165) is 37.2 Å². The first kappa shape index (κ1) is 13.3. The molecule has 2 nitrogen and oxygen atoms in total. The Morgan fingerprint density at radius 1 is 1.28 bits per heavy atom. The fraction of sp³-hybridized carbons (Fsp3) is 0.562. The molecular formula is C16H22O2. The molecule has 0 spiro atoms. The number of ether oxygens (including phenoxy) is 1. The largest absolute Gasteiger partial charge is 0.378 e. The molecule has 98 valence electrons. The number of rotatable bonds is 4. The Kier molecular flexibility index (Phi) is 4.18. The molecule has 0 radical (unpaired) electrons. The van der Waals surface area contributed by atoms with Gasteiger partial charge in [0.25, 0.3) is 0 Å². The average molecular weight is 246 g/mol. The third kappa shape index (κ3) is 2.99. The van der Waals surface area contributed by atoms with Gasteiger partial charge in [-0.3, -0.25) is 4.79 Å². The third-order valence-corrected chi connectivity index (χ3v) is 4.20. The molecule has 0 bridgehead atoms. The molecule has 18 heavy (non-hydrogen) atoms. The van der Waals surface area contributed by atoms with E-state index in [9.17, 15) is 4.79 Å². The number of ketones is 1. The summed E-state index contributed by atoms with van der Waals surface area (Å²) >= 11 is 0. The fourth-order valence-electron chi connectivity index (χ4n) is 2.76. The van der Waals surface area contributed by atoms with Gasteiger partial charge in [0.15, 0.2) is 5.78 Å². The number of Topliss-reactive ketones (excluding diaryl/α,β-unsaturated/α-hetero) is 1. The van der Waals surface area contributed by atoms with Crippen LogP contribution in [0.15, 0.2) is 30.3 Å². The number of hydrogen-bond acceptors (Lipinski definition) is 2. The number of carbonyl (C=O) groups excluding carboxylic acids is 1. The summed E-state index contributed by atoms with van der Waals surface area (Å²) in [5, 5.41) is 0. The van der Waals surface area contributed by atoms with Crippen molar-refractivity contribution in [2.75, 3.05) is 7.11 Å². The molecular weight excluding hydrogens is 224 g/mol. The van der Waals surface area contributed by atoms with Crippen LogP contribution in [0.4, 0.5) is 0 Å². The second kappa shape index (κ2) is 5.66. The highest BCUT2D eigenvalue weighted by Gasteiger charge is 2.36. The Morgan fingerprint density at radius 2 is 1.89 bits per heavy atom. The molecule has 0 atom stereocenters. The summed E-state index contributed by atoms with van der Waals surface area (Å²) in [4.78, 5) is 12.3. The molecule has 2 rings (SSSR count). The van der Waals surface area contributed by atoms with Crippen LogP contribution in [0.3, 0.4) is 0 Å². The van der Waals surface area contributed by atoms with E-state index in [4.69, 9.17) is 4.74 Å². The Balaban J connectivity index is 2.05. The lowest BCUT2D eigenvalue weighted by molar-refractivity contribution is -0.0475. The van der Waals surface area contributed by atoms with Crippen molar-refractivity contribution in [1.82, 2.24) is 0 Å². The first-order valence-corrected chi connectivity index (χ1v) is 6.79. The minimum atomic E-state index is -0.223.